The molecule has 2 nitrogen and oxygen atoms in total. The molecule has 0 N–H and O–H groups in total. The van der Waals surface area contributed by atoms with Crippen molar-refractivity contribution in [1.82, 2.24) is 0 Å². The normalized spacial score (nSPS) is 14.1. The zero-order valence-electron chi connectivity index (χ0n) is 10.2. The fourth-order valence-corrected chi connectivity index (χ4v) is 5.65. The molecule has 94 valence electrons. The van der Waals surface area contributed by atoms with Gasteiger partial charge in [-0.2, -0.15) is 0 Å². The summed E-state index contributed by atoms with van der Waals surface area (Å²) in [6.07, 6.45) is 0. The van der Waals surface area contributed by atoms with E-state index in [1.165, 1.54) is 11.4 Å². The molecule has 1 atom stereocenters. The molecule has 0 aliphatic rings. The van der Waals surface area contributed by atoms with Gasteiger partial charge in [0.1, 0.15) is 0 Å². The zero-order chi connectivity index (χ0) is 12.8. The van der Waals surface area contributed by atoms with E-state index in [4.69, 9.17) is 4.52 Å². The zero-order valence-corrected chi connectivity index (χ0v) is 11.9. The van der Waals surface area contributed by atoms with Gasteiger partial charge in [0, 0.05) is 10.2 Å². The standard InChI is InChI=1S/C14H15O2PS/c1-2-16-17(15,13-9-5-3-6-10-13)18-14-11-7-4-8-12-14/h3-12H,2H2,1H3. The van der Waals surface area contributed by atoms with E-state index < -0.39 is 6.57 Å². The van der Waals surface area contributed by atoms with Crippen molar-refractivity contribution in [1.29, 1.82) is 0 Å². The van der Waals surface area contributed by atoms with Gasteiger partial charge in [0.2, 0.25) is 0 Å². The van der Waals surface area contributed by atoms with Crippen molar-refractivity contribution in [2.24, 2.45) is 0 Å². The monoisotopic (exact) mass is 278 g/mol. The summed E-state index contributed by atoms with van der Waals surface area (Å²) in [5, 5.41) is 0.751. The Bertz CT molecular complexity index is 528. The minimum Gasteiger partial charge on any atom is -0.318 e. The van der Waals surface area contributed by atoms with E-state index >= 15 is 0 Å². The SMILES string of the molecule is CCOP(=O)(Sc1ccccc1)c1ccccc1. The predicted octanol–water partition coefficient (Wildman–Crippen LogP) is 4.33. The van der Waals surface area contributed by atoms with Crippen LogP contribution in [-0.2, 0) is 9.09 Å². The van der Waals surface area contributed by atoms with Gasteiger partial charge in [0.15, 0.2) is 0 Å². The first kappa shape index (κ1) is 13.4. The maximum Gasteiger partial charge on any atom is 0.291 e. The van der Waals surface area contributed by atoms with Crippen LogP contribution in [0.5, 0.6) is 0 Å². The molecule has 0 heterocycles. The van der Waals surface area contributed by atoms with Gasteiger partial charge in [0.25, 0.3) is 6.57 Å². The van der Waals surface area contributed by atoms with Crippen molar-refractivity contribution >= 4 is 23.3 Å². The van der Waals surface area contributed by atoms with Crippen LogP contribution in [0.4, 0.5) is 0 Å². The third kappa shape index (κ3) is 3.26. The molecule has 0 saturated heterocycles. The Kier molecular flexibility index (Phi) is 4.65. The lowest BCUT2D eigenvalue weighted by atomic mass is 10.4. The smallest absolute Gasteiger partial charge is 0.291 e. The van der Waals surface area contributed by atoms with E-state index in [-0.39, 0.29) is 0 Å². The second kappa shape index (κ2) is 6.24. The van der Waals surface area contributed by atoms with Crippen LogP contribution in [0, 0.1) is 0 Å². The van der Waals surface area contributed by atoms with Crippen LogP contribution in [0.2, 0.25) is 0 Å². The summed E-state index contributed by atoms with van der Waals surface area (Å²) in [5.41, 5.74) is 0. The van der Waals surface area contributed by atoms with Gasteiger partial charge in [-0.25, -0.2) is 0 Å². The van der Waals surface area contributed by atoms with Crippen molar-refractivity contribution in [3.05, 3.63) is 60.7 Å². The fraction of sp³-hybridized carbons (Fsp3) is 0.143. The molecule has 0 aliphatic carbocycles. The molecule has 4 heteroatoms. The molecule has 0 saturated carbocycles. The van der Waals surface area contributed by atoms with E-state index in [1.54, 1.807) is 0 Å². The molecule has 2 aromatic carbocycles. The Balaban J connectivity index is 2.31. The van der Waals surface area contributed by atoms with Gasteiger partial charge < -0.3 is 4.52 Å². The van der Waals surface area contributed by atoms with E-state index in [0.717, 1.165) is 10.2 Å². The average molecular weight is 278 g/mol. The maximum absolute atomic E-state index is 12.9. The lowest BCUT2D eigenvalue weighted by Crippen LogP contribution is -2.04. The van der Waals surface area contributed by atoms with Gasteiger partial charge in [-0.05, 0) is 42.6 Å². The van der Waals surface area contributed by atoms with Crippen LogP contribution < -0.4 is 5.30 Å². The minimum absolute atomic E-state index is 0.437. The highest BCUT2D eigenvalue weighted by atomic mass is 32.7. The topological polar surface area (TPSA) is 26.3 Å². The van der Waals surface area contributed by atoms with Gasteiger partial charge >= 0.3 is 0 Å². The van der Waals surface area contributed by atoms with Gasteiger partial charge in [-0.1, -0.05) is 36.4 Å². The van der Waals surface area contributed by atoms with Crippen molar-refractivity contribution in [2.45, 2.75) is 11.8 Å². The third-order valence-electron chi connectivity index (χ3n) is 2.34. The minimum atomic E-state index is -2.88. The van der Waals surface area contributed by atoms with E-state index in [9.17, 15) is 4.57 Å². The number of hydrogen-bond acceptors (Lipinski definition) is 3. The summed E-state index contributed by atoms with van der Waals surface area (Å²) in [7, 11) is 0. The number of hydrogen-bond donors (Lipinski definition) is 0. The molecule has 0 amide bonds. The molecule has 2 rings (SSSR count). The number of benzene rings is 2. The van der Waals surface area contributed by atoms with Crippen LogP contribution in [0.3, 0.4) is 0 Å². The molecule has 0 bridgehead atoms. The second-order valence-corrected chi connectivity index (χ2v) is 8.07. The summed E-state index contributed by atoms with van der Waals surface area (Å²) < 4.78 is 18.5. The summed E-state index contributed by atoms with van der Waals surface area (Å²) in [5.74, 6) is 0. The summed E-state index contributed by atoms with van der Waals surface area (Å²) in [6, 6.07) is 19.1. The Hall–Kier alpha value is -1.02. The Labute approximate surface area is 112 Å². The van der Waals surface area contributed by atoms with Gasteiger partial charge in [-0.3, -0.25) is 4.57 Å². The van der Waals surface area contributed by atoms with Crippen molar-refractivity contribution in [3.63, 3.8) is 0 Å². The first-order valence-corrected chi connectivity index (χ1v) is 8.84. The molecule has 1 unspecified atom stereocenters. The predicted molar refractivity (Wildman–Crippen MR) is 77.6 cm³/mol. The maximum atomic E-state index is 12.9. The highest BCUT2D eigenvalue weighted by Crippen LogP contribution is 2.61. The second-order valence-electron chi connectivity index (χ2n) is 3.66. The molecule has 0 aromatic heterocycles. The highest BCUT2D eigenvalue weighted by Gasteiger charge is 2.26. The van der Waals surface area contributed by atoms with Gasteiger partial charge in [-0.15, -0.1) is 0 Å². The molecular weight excluding hydrogens is 263 g/mol. The van der Waals surface area contributed by atoms with Crippen LogP contribution in [0.15, 0.2) is 65.6 Å². The molecule has 0 spiro atoms. The summed E-state index contributed by atoms with van der Waals surface area (Å²) in [6.45, 7) is -0.578. The molecule has 18 heavy (non-hydrogen) atoms. The third-order valence-corrected chi connectivity index (χ3v) is 6.89. The Morgan fingerprint density at radius 2 is 1.56 bits per heavy atom. The lowest BCUT2D eigenvalue weighted by molar-refractivity contribution is 0.353. The van der Waals surface area contributed by atoms with Crippen molar-refractivity contribution in [2.75, 3.05) is 6.61 Å². The number of rotatable bonds is 5. The molecule has 0 radical (unpaired) electrons. The first-order chi connectivity index (χ1) is 8.74. The summed E-state index contributed by atoms with van der Waals surface area (Å²) >= 11 is 1.30. The highest BCUT2D eigenvalue weighted by molar-refractivity contribution is 8.58. The van der Waals surface area contributed by atoms with E-state index in [0.29, 0.717) is 6.61 Å². The molecule has 0 aliphatic heterocycles. The van der Waals surface area contributed by atoms with Crippen molar-refractivity contribution in [3.8, 4) is 0 Å². The van der Waals surface area contributed by atoms with Crippen LogP contribution in [0.1, 0.15) is 6.92 Å². The largest absolute Gasteiger partial charge is 0.318 e. The quantitative estimate of drug-likeness (QED) is 0.761. The Morgan fingerprint density at radius 1 is 1.00 bits per heavy atom. The van der Waals surface area contributed by atoms with Crippen LogP contribution in [-0.4, -0.2) is 6.61 Å². The first-order valence-electron chi connectivity index (χ1n) is 5.79. The lowest BCUT2D eigenvalue weighted by Gasteiger charge is -2.17. The van der Waals surface area contributed by atoms with E-state index in [1.807, 2.05) is 67.6 Å². The van der Waals surface area contributed by atoms with Gasteiger partial charge in [0.05, 0.1) is 6.61 Å². The molecule has 2 aromatic rings. The van der Waals surface area contributed by atoms with Crippen molar-refractivity contribution < 1.29 is 9.09 Å². The van der Waals surface area contributed by atoms with Crippen LogP contribution >= 0.6 is 18.0 Å². The fourth-order valence-electron chi connectivity index (χ4n) is 1.55. The average Bonchev–Trinajstić information content (AvgIpc) is 2.41. The molecule has 0 fully saturated rings. The van der Waals surface area contributed by atoms with E-state index in [2.05, 4.69) is 0 Å². The molecular formula is C14H15O2PS. The van der Waals surface area contributed by atoms with Crippen LogP contribution in [0.25, 0.3) is 0 Å². The Morgan fingerprint density at radius 3 is 2.11 bits per heavy atom. The summed E-state index contributed by atoms with van der Waals surface area (Å²) in [4.78, 5) is 0.957.